The van der Waals surface area contributed by atoms with E-state index in [4.69, 9.17) is 21.4 Å². The third-order valence-corrected chi connectivity index (χ3v) is 2.37. The molecule has 0 heterocycles. The largest absolute Gasteiger partial charge is 0.480 e. The van der Waals surface area contributed by atoms with Crippen LogP contribution in [0.25, 0.3) is 0 Å². The average Bonchev–Trinajstić information content (AvgIpc) is 2.27. The van der Waals surface area contributed by atoms with Gasteiger partial charge in [0.05, 0.1) is 5.02 Å². The number of hydrogen-bond acceptors (Lipinski definition) is 3. The Morgan fingerprint density at radius 1 is 1.44 bits per heavy atom. The Kier molecular flexibility index (Phi) is 4.97. The summed E-state index contributed by atoms with van der Waals surface area (Å²) in [5, 5.41) is 11.4. The van der Waals surface area contributed by atoms with Crippen molar-refractivity contribution >= 4 is 29.2 Å². The Morgan fingerprint density at radius 2 is 2.11 bits per heavy atom. The second kappa shape index (κ2) is 6.26. The predicted molar refractivity (Wildman–Crippen MR) is 68.1 cm³/mol. The summed E-state index contributed by atoms with van der Waals surface area (Å²) in [4.78, 5) is 21.8. The molecule has 0 fully saturated rings. The summed E-state index contributed by atoms with van der Waals surface area (Å²) in [5.74, 6) is -1.07. The summed E-state index contributed by atoms with van der Waals surface area (Å²) in [5.41, 5.74) is 0.543. The standard InChI is InChI=1S/C12H14ClNO4/c1-7(2)12(17)14-8-3-4-10(9(13)5-8)18-6-11(15)16/h3-5,7H,6H2,1-2H3,(H,14,17)(H,15,16). The number of hydrogen-bond donors (Lipinski definition) is 2. The third kappa shape index (κ3) is 4.25. The minimum absolute atomic E-state index is 0.120. The van der Waals surface area contributed by atoms with E-state index in [1.165, 1.54) is 12.1 Å². The number of carbonyl (C=O) groups excluding carboxylic acids is 1. The van der Waals surface area contributed by atoms with Crippen molar-refractivity contribution in [1.82, 2.24) is 0 Å². The molecule has 1 aromatic carbocycles. The van der Waals surface area contributed by atoms with Crippen LogP contribution in [0, 0.1) is 5.92 Å². The van der Waals surface area contributed by atoms with E-state index in [9.17, 15) is 9.59 Å². The number of rotatable bonds is 5. The zero-order valence-corrected chi connectivity index (χ0v) is 10.8. The first-order valence-corrected chi connectivity index (χ1v) is 5.73. The van der Waals surface area contributed by atoms with E-state index in [1.54, 1.807) is 19.9 Å². The minimum Gasteiger partial charge on any atom is -0.480 e. The van der Waals surface area contributed by atoms with Gasteiger partial charge in [-0.05, 0) is 18.2 Å². The van der Waals surface area contributed by atoms with Crippen LogP contribution in [-0.4, -0.2) is 23.6 Å². The number of ether oxygens (including phenoxy) is 1. The monoisotopic (exact) mass is 271 g/mol. The average molecular weight is 272 g/mol. The van der Waals surface area contributed by atoms with Gasteiger partial charge in [-0.3, -0.25) is 4.79 Å². The smallest absolute Gasteiger partial charge is 0.341 e. The first-order valence-electron chi connectivity index (χ1n) is 5.35. The van der Waals surface area contributed by atoms with E-state index >= 15 is 0 Å². The second-order valence-electron chi connectivity index (χ2n) is 3.97. The summed E-state index contributed by atoms with van der Waals surface area (Å²) in [6, 6.07) is 4.63. The molecule has 5 nitrogen and oxygen atoms in total. The van der Waals surface area contributed by atoms with Crippen LogP contribution in [0.2, 0.25) is 5.02 Å². The van der Waals surface area contributed by atoms with Gasteiger partial charge in [0.1, 0.15) is 5.75 Å². The van der Waals surface area contributed by atoms with Crippen molar-refractivity contribution in [2.24, 2.45) is 5.92 Å². The maximum absolute atomic E-state index is 11.5. The Labute approximate surface area is 110 Å². The number of anilines is 1. The molecule has 18 heavy (non-hydrogen) atoms. The molecule has 6 heteroatoms. The molecule has 0 aliphatic heterocycles. The van der Waals surface area contributed by atoms with Gasteiger partial charge in [0, 0.05) is 11.6 Å². The highest BCUT2D eigenvalue weighted by Crippen LogP contribution is 2.27. The van der Waals surface area contributed by atoms with Crippen molar-refractivity contribution in [3.63, 3.8) is 0 Å². The minimum atomic E-state index is -1.08. The van der Waals surface area contributed by atoms with Crippen LogP contribution in [0.4, 0.5) is 5.69 Å². The van der Waals surface area contributed by atoms with Gasteiger partial charge in [0.2, 0.25) is 5.91 Å². The lowest BCUT2D eigenvalue weighted by Gasteiger charge is -2.10. The summed E-state index contributed by atoms with van der Waals surface area (Å²) in [7, 11) is 0. The van der Waals surface area contributed by atoms with Crippen LogP contribution in [0.1, 0.15) is 13.8 Å². The SMILES string of the molecule is CC(C)C(=O)Nc1ccc(OCC(=O)O)c(Cl)c1. The van der Waals surface area contributed by atoms with E-state index in [0.717, 1.165) is 0 Å². The Balaban J connectivity index is 2.73. The predicted octanol–water partition coefficient (Wildman–Crippen LogP) is 2.40. The molecule has 0 saturated carbocycles. The van der Waals surface area contributed by atoms with Gasteiger partial charge in [0.25, 0.3) is 0 Å². The van der Waals surface area contributed by atoms with E-state index in [1.807, 2.05) is 0 Å². The number of benzene rings is 1. The van der Waals surface area contributed by atoms with Gasteiger partial charge in [0.15, 0.2) is 6.61 Å². The highest BCUT2D eigenvalue weighted by atomic mass is 35.5. The molecule has 1 amide bonds. The van der Waals surface area contributed by atoms with Gasteiger partial charge in [-0.25, -0.2) is 4.79 Å². The molecule has 0 saturated heterocycles. The van der Waals surface area contributed by atoms with Crippen molar-refractivity contribution in [2.45, 2.75) is 13.8 Å². The van der Waals surface area contributed by atoms with Crippen molar-refractivity contribution < 1.29 is 19.4 Å². The molecule has 0 unspecified atom stereocenters. The van der Waals surface area contributed by atoms with Crippen LogP contribution in [-0.2, 0) is 9.59 Å². The number of amides is 1. The first kappa shape index (κ1) is 14.3. The molecule has 0 radical (unpaired) electrons. The van der Waals surface area contributed by atoms with Crippen LogP contribution in [0.15, 0.2) is 18.2 Å². The van der Waals surface area contributed by atoms with E-state index in [-0.39, 0.29) is 22.6 Å². The van der Waals surface area contributed by atoms with Gasteiger partial charge >= 0.3 is 5.97 Å². The number of aliphatic carboxylic acids is 1. The van der Waals surface area contributed by atoms with Crippen LogP contribution in [0.3, 0.4) is 0 Å². The number of nitrogens with one attached hydrogen (secondary N) is 1. The van der Waals surface area contributed by atoms with Gasteiger partial charge < -0.3 is 15.2 Å². The molecule has 98 valence electrons. The van der Waals surface area contributed by atoms with Crippen molar-refractivity contribution in [3.8, 4) is 5.75 Å². The first-order chi connectivity index (χ1) is 8.40. The lowest BCUT2D eigenvalue weighted by molar-refractivity contribution is -0.139. The molecule has 0 atom stereocenters. The summed E-state index contributed by atoms with van der Waals surface area (Å²) in [6.07, 6.45) is 0. The van der Waals surface area contributed by atoms with Crippen LogP contribution < -0.4 is 10.1 Å². The fourth-order valence-electron chi connectivity index (χ4n) is 1.12. The Bertz CT molecular complexity index is 459. The van der Waals surface area contributed by atoms with Gasteiger partial charge in [-0.2, -0.15) is 0 Å². The highest BCUT2D eigenvalue weighted by molar-refractivity contribution is 6.32. The van der Waals surface area contributed by atoms with E-state index in [2.05, 4.69) is 5.32 Å². The molecule has 1 aromatic rings. The number of halogens is 1. The maximum Gasteiger partial charge on any atom is 0.341 e. The maximum atomic E-state index is 11.5. The molecule has 0 bridgehead atoms. The third-order valence-electron chi connectivity index (χ3n) is 2.07. The van der Waals surface area contributed by atoms with Gasteiger partial charge in [-0.15, -0.1) is 0 Å². The van der Waals surface area contributed by atoms with Crippen LogP contribution >= 0.6 is 11.6 Å². The molecule has 0 aliphatic rings. The normalized spacial score (nSPS) is 10.2. The zero-order chi connectivity index (χ0) is 13.7. The lowest BCUT2D eigenvalue weighted by atomic mass is 10.2. The second-order valence-corrected chi connectivity index (χ2v) is 4.38. The summed E-state index contributed by atoms with van der Waals surface area (Å²) in [6.45, 7) is 3.10. The quantitative estimate of drug-likeness (QED) is 0.862. The molecule has 0 aromatic heterocycles. The molecule has 0 spiro atoms. The van der Waals surface area contributed by atoms with Gasteiger partial charge in [-0.1, -0.05) is 25.4 Å². The molecule has 2 N–H and O–H groups in total. The van der Waals surface area contributed by atoms with Crippen molar-refractivity contribution in [1.29, 1.82) is 0 Å². The Morgan fingerprint density at radius 3 is 2.61 bits per heavy atom. The molecular formula is C12H14ClNO4. The fourth-order valence-corrected chi connectivity index (χ4v) is 1.36. The van der Waals surface area contributed by atoms with Crippen molar-refractivity contribution in [2.75, 3.05) is 11.9 Å². The molecule has 1 rings (SSSR count). The lowest BCUT2D eigenvalue weighted by Crippen LogP contribution is -2.17. The number of carboxylic acid groups (broad SMARTS) is 1. The van der Waals surface area contributed by atoms with Crippen LogP contribution in [0.5, 0.6) is 5.75 Å². The van der Waals surface area contributed by atoms with Crippen molar-refractivity contribution in [3.05, 3.63) is 23.2 Å². The number of carbonyl (C=O) groups is 2. The summed E-state index contributed by atoms with van der Waals surface area (Å²) >= 11 is 5.91. The van der Waals surface area contributed by atoms with E-state index < -0.39 is 12.6 Å². The molecular weight excluding hydrogens is 258 g/mol. The number of carboxylic acids is 1. The fraction of sp³-hybridized carbons (Fsp3) is 0.333. The zero-order valence-electron chi connectivity index (χ0n) is 10.1. The highest BCUT2D eigenvalue weighted by Gasteiger charge is 2.09. The Hall–Kier alpha value is -1.75. The molecule has 0 aliphatic carbocycles. The topological polar surface area (TPSA) is 75.6 Å². The van der Waals surface area contributed by atoms with E-state index in [0.29, 0.717) is 5.69 Å². The summed E-state index contributed by atoms with van der Waals surface area (Å²) < 4.78 is 4.96.